The Bertz CT molecular complexity index is 804. The first-order chi connectivity index (χ1) is 13.2. The van der Waals surface area contributed by atoms with Crippen molar-refractivity contribution in [3.05, 3.63) is 52.0 Å². The van der Waals surface area contributed by atoms with Crippen molar-refractivity contribution in [3.8, 4) is 0 Å². The number of urea groups is 1. The lowest BCUT2D eigenvalue weighted by Gasteiger charge is -2.17. The monoisotopic (exact) mass is 384 g/mol. The lowest BCUT2D eigenvalue weighted by atomic mass is 9.99. The maximum atomic E-state index is 12.3. The number of pyridine rings is 1. The SMILES string of the molecule is O=C(NC1CC1)c1cncc(CC2CCN(C(=O)NCc3cccs3)C2)c1. The van der Waals surface area contributed by atoms with Gasteiger partial charge >= 0.3 is 6.03 Å². The Kier molecular flexibility index (Phi) is 5.38. The van der Waals surface area contributed by atoms with Gasteiger partial charge in [-0.3, -0.25) is 9.78 Å². The second kappa shape index (κ2) is 8.08. The third-order valence-electron chi connectivity index (χ3n) is 5.06. The molecule has 7 heteroatoms. The van der Waals surface area contributed by atoms with E-state index < -0.39 is 0 Å². The topological polar surface area (TPSA) is 74.3 Å². The van der Waals surface area contributed by atoms with Crippen LogP contribution in [0.15, 0.2) is 36.0 Å². The summed E-state index contributed by atoms with van der Waals surface area (Å²) in [5.41, 5.74) is 1.69. The van der Waals surface area contributed by atoms with Crippen LogP contribution in [-0.2, 0) is 13.0 Å². The summed E-state index contributed by atoms with van der Waals surface area (Å²) in [6.07, 6.45) is 7.42. The van der Waals surface area contributed by atoms with Crippen molar-refractivity contribution in [2.45, 2.75) is 38.3 Å². The lowest BCUT2D eigenvalue weighted by molar-refractivity contribution is 0.0950. The van der Waals surface area contributed by atoms with E-state index in [2.05, 4.69) is 15.6 Å². The van der Waals surface area contributed by atoms with E-state index in [0.717, 1.165) is 49.2 Å². The maximum Gasteiger partial charge on any atom is 0.317 e. The Balaban J connectivity index is 1.27. The summed E-state index contributed by atoms with van der Waals surface area (Å²) in [5.74, 6) is 0.369. The number of aromatic nitrogens is 1. The van der Waals surface area contributed by atoms with Crippen LogP contribution in [0.4, 0.5) is 4.79 Å². The number of rotatable bonds is 6. The lowest BCUT2D eigenvalue weighted by Crippen LogP contribution is -2.38. The maximum absolute atomic E-state index is 12.3. The van der Waals surface area contributed by atoms with Crippen molar-refractivity contribution in [3.63, 3.8) is 0 Å². The molecule has 1 saturated carbocycles. The van der Waals surface area contributed by atoms with E-state index in [1.807, 2.05) is 34.7 Å². The molecule has 1 aliphatic heterocycles. The zero-order valence-electron chi connectivity index (χ0n) is 15.2. The molecule has 1 atom stereocenters. The van der Waals surface area contributed by atoms with Gasteiger partial charge in [-0.25, -0.2) is 4.79 Å². The first-order valence-corrected chi connectivity index (χ1v) is 10.4. The van der Waals surface area contributed by atoms with Crippen molar-refractivity contribution in [2.75, 3.05) is 13.1 Å². The smallest absolute Gasteiger partial charge is 0.317 e. The van der Waals surface area contributed by atoms with Gasteiger partial charge in [-0.15, -0.1) is 11.3 Å². The summed E-state index contributed by atoms with van der Waals surface area (Å²) in [7, 11) is 0. The number of carbonyl (C=O) groups excluding carboxylic acids is 2. The Labute approximate surface area is 163 Å². The molecule has 0 aromatic carbocycles. The normalized spacial score (nSPS) is 19.1. The van der Waals surface area contributed by atoms with Crippen LogP contribution in [-0.4, -0.2) is 41.0 Å². The molecule has 6 nitrogen and oxygen atoms in total. The third-order valence-corrected chi connectivity index (χ3v) is 5.94. The van der Waals surface area contributed by atoms with Crippen molar-refractivity contribution >= 4 is 23.3 Å². The first-order valence-electron chi connectivity index (χ1n) is 9.47. The van der Waals surface area contributed by atoms with Crippen LogP contribution in [0.2, 0.25) is 0 Å². The van der Waals surface area contributed by atoms with Crippen molar-refractivity contribution in [1.29, 1.82) is 0 Å². The molecule has 2 aliphatic rings. The van der Waals surface area contributed by atoms with E-state index in [4.69, 9.17) is 0 Å². The van der Waals surface area contributed by atoms with E-state index >= 15 is 0 Å². The number of hydrogen-bond donors (Lipinski definition) is 2. The molecule has 4 rings (SSSR count). The van der Waals surface area contributed by atoms with E-state index in [1.54, 1.807) is 17.5 Å². The van der Waals surface area contributed by atoms with Gasteiger partial charge in [-0.1, -0.05) is 6.07 Å². The van der Waals surface area contributed by atoms with Gasteiger partial charge in [0.25, 0.3) is 5.91 Å². The van der Waals surface area contributed by atoms with Gasteiger partial charge in [0.15, 0.2) is 0 Å². The Hall–Kier alpha value is -2.41. The summed E-state index contributed by atoms with van der Waals surface area (Å²) < 4.78 is 0. The molecule has 0 bridgehead atoms. The quantitative estimate of drug-likeness (QED) is 0.804. The Morgan fingerprint density at radius 3 is 2.93 bits per heavy atom. The van der Waals surface area contributed by atoms with Crippen LogP contribution in [0.25, 0.3) is 0 Å². The van der Waals surface area contributed by atoms with Crippen molar-refractivity contribution in [2.24, 2.45) is 5.92 Å². The molecule has 1 unspecified atom stereocenters. The van der Waals surface area contributed by atoms with E-state index in [0.29, 0.717) is 24.1 Å². The standard InChI is InChI=1S/C20H24N4O2S/c25-19(23-17-3-4-17)16-9-15(10-21-11-16)8-14-5-6-24(13-14)20(26)22-12-18-2-1-7-27-18/h1-2,7,9-11,14,17H,3-6,8,12-13H2,(H,22,26)(H,23,25). The van der Waals surface area contributed by atoms with Gasteiger partial charge in [-0.2, -0.15) is 0 Å². The molecule has 1 saturated heterocycles. The van der Waals surface area contributed by atoms with Crippen LogP contribution in [0.1, 0.15) is 40.1 Å². The molecule has 0 radical (unpaired) electrons. The molecule has 142 valence electrons. The molecular formula is C20H24N4O2S. The van der Waals surface area contributed by atoms with E-state index in [1.165, 1.54) is 0 Å². The van der Waals surface area contributed by atoms with Gasteiger partial charge in [-0.05, 0) is 54.7 Å². The van der Waals surface area contributed by atoms with Gasteiger partial charge in [0.1, 0.15) is 0 Å². The molecular weight excluding hydrogens is 360 g/mol. The minimum absolute atomic E-state index is 0.00147. The van der Waals surface area contributed by atoms with E-state index in [-0.39, 0.29) is 11.9 Å². The highest BCUT2D eigenvalue weighted by Crippen LogP contribution is 2.22. The highest BCUT2D eigenvalue weighted by Gasteiger charge is 2.27. The average Bonchev–Trinajstić information content (AvgIpc) is 3.14. The number of carbonyl (C=O) groups is 2. The second-order valence-corrected chi connectivity index (χ2v) is 8.40. The Morgan fingerprint density at radius 1 is 1.26 bits per heavy atom. The fourth-order valence-corrected chi connectivity index (χ4v) is 4.07. The summed E-state index contributed by atoms with van der Waals surface area (Å²) >= 11 is 1.65. The van der Waals surface area contributed by atoms with Crippen LogP contribution in [0, 0.1) is 5.92 Å². The number of nitrogens with one attached hydrogen (secondary N) is 2. The second-order valence-electron chi connectivity index (χ2n) is 7.37. The molecule has 3 heterocycles. The number of likely N-dealkylation sites (tertiary alicyclic amines) is 1. The number of thiophene rings is 1. The number of hydrogen-bond acceptors (Lipinski definition) is 4. The predicted octanol–water partition coefficient (Wildman–Crippen LogP) is 2.81. The first kappa shape index (κ1) is 18.0. The minimum atomic E-state index is -0.0344. The third kappa shape index (κ3) is 4.86. The zero-order chi connectivity index (χ0) is 18.6. The van der Waals surface area contributed by atoms with Crippen LogP contribution >= 0.6 is 11.3 Å². The molecule has 3 amide bonds. The van der Waals surface area contributed by atoms with Crippen molar-refractivity contribution in [1.82, 2.24) is 20.5 Å². The number of nitrogens with zero attached hydrogens (tertiary/aromatic N) is 2. The predicted molar refractivity (Wildman–Crippen MR) is 105 cm³/mol. The zero-order valence-corrected chi connectivity index (χ0v) is 16.0. The summed E-state index contributed by atoms with van der Waals surface area (Å²) in [6.45, 7) is 2.10. The molecule has 0 spiro atoms. The molecule has 2 aromatic heterocycles. The highest BCUT2D eigenvalue weighted by molar-refractivity contribution is 7.09. The van der Waals surface area contributed by atoms with Gasteiger partial charge < -0.3 is 15.5 Å². The molecule has 27 heavy (non-hydrogen) atoms. The summed E-state index contributed by atoms with van der Waals surface area (Å²) in [6, 6.07) is 6.30. The largest absolute Gasteiger partial charge is 0.349 e. The minimum Gasteiger partial charge on any atom is -0.349 e. The van der Waals surface area contributed by atoms with Crippen molar-refractivity contribution < 1.29 is 9.59 Å². The van der Waals surface area contributed by atoms with Crippen LogP contribution < -0.4 is 10.6 Å². The molecule has 2 N–H and O–H groups in total. The number of amides is 3. The van der Waals surface area contributed by atoms with Gasteiger partial charge in [0, 0.05) is 36.4 Å². The fourth-order valence-electron chi connectivity index (χ4n) is 3.42. The van der Waals surface area contributed by atoms with Gasteiger partial charge in [0.05, 0.1) is 12.1 Å². The van der Waals surface area contributed by atoms with Crippen LogP contribution in [0.5, 0.6) is 0 Å². The molecule has 2 fully saturated rings. The van der Waals surface area contributed by atoms with Crippen LogP contribution in [0.3, 0.4) is 0 Å². The molecule has 1 aliphatic carbocycles. The molecule has 2 aromatic rings. The van der Waals surface area contributed by atoms with Gasteiger partial charge in [0.2, 0.25) is 0 Å². The van der Waals surface area contributed by atoms with E-state index in [9.17, 15) is 9.59 Å². The fraction of sp³-hybridized carbons (Fsp3) is 0.450. The average molecular weight is 385 g/mol. The Morgan fingerprint density at radius 2 is 2.15 bits per heavy atom. The highest BCUT2D eigenvalue weighted by atomic mass is 32.1. The summed E-state index contributed by atoms with van der Waals surface area (Å²) in [5, 5.41) is 8.01. The summed E-state index contributed by atoms with van der Waals surface area (Å²) in [4.78, 5) is 31.8.